The summed E-state index contributed by atoms with van der Waals surface area (Å²) >= 11 is 1.31. The zero-order valence-electron chi connectivity index (χ0n) is 15.3. The molecule has 148 valence electrons. The van der Waals surface area contributed by atoms with Crippen molar-refractivity contribution in [2.75, 3.05) is 10.6 Å². The van der Waals surface area contributed by atoms with Gasteiger partial charge in [-0.05, 0) is 36.4 Å². The van der Waals surface area contributed by atoms with Crippen LogP contribution in [0.4, 0.5) is 39.5 Å². The highest BCUT2D eigenvalue weighted by Crippen LogP contribution is 2.33. The van der Waals surface area contributed by atoms with Gasteiger partial charge in [0.1, 0.15) is 6.33 Å². The van der Waals surface area contributed by atoms with Crippen molar-refractivity contribution in [1.82, 2.24) is 15.0 Å². The van der Waals surface area contributed by atoms with E-state index < -0.39 is 4.92 Å². The number of hydrogen-bond donors (Lipinski definition) is 2. The summed E-state index contributed by atoms with van der Waals surface area (Å²) in [6, 6.07) is 16.3. The first-order valence-electron chi connectivity index (χ1n) is 8.69. The average Bonchev–Trinajstić information content (AvgIpc) is 3.27. The summed E-state index contributed by atoms with van der Waals surface area (Å²) in [4.78, 5) is 23.2. The summed E-state index contributed by atoms with van der Waals surface area (Å²) in [7, 11) is 0. The molecule has 11 heteroatoms. The SMILES string of the molecule is O=[N+]([O-])c1c(Nc2ccc(N=Nc3ccccc3)cc2)ncnc1Nc1nccs1. The molecule has 0 radical (unpaired) electrons. The summed E-state index contributed by atoms with van der Waals surface area (Å²) in [6.07, 6.45) is 2.84. The van der Waals surface area contributed by atoms with Crippen LogP contribution in [0.5, 0.6) is 0 Å². The third kappa shape index (κ3) is 4.59. The van der Waals surface area contributed by atoms with E-state index in [2.05, 4.69) is 35.8 Å². The topological polar surface area (TPSA) is 131 Å². The van der Waals surface area contributed by atoms with E-state index in [1.807, 2.05) is 30.3 Å². The average molecular weight is 418 g/mol. The fourth-order valence-corrected chi connectivity index (χ4v) is 3.01. The van der Waals surface area contributed by atoms with Gasteiger partial charge in [0.2, 0.25) is 11.6 Å². The Hall–Kier alpha value is -4.25. The molecule has 0 aliphatic heterocycles. The first-order chi connectivity index (χ1) is 14.7. The number of nitro groups is 1. The van der Waals surface area contributed by atoms with Gasteiger partial charge in [-0.2, -0.15) is 10.2 Å². The number of aromatic nitrogens is 3. The lowest BCUT2D eigenvalue weighted by atomic mass is 10.3. The highest BCUT2D eigenvalue weighted by atomic mass is 32.1. The van der Waals surface area contributed by atoms with Crippen LogP contribution in [0.3, 0.4) is 0 Å². The van der Waals surface area contributed by atoms with Gasteiger partial charge in [0, 0.05) is 17.3 Å². The molecule has 2 aromatic carbocycles. The number of hydrogen-bond acceptors (Lipinski definition) is 10. The highest BCUT2D eigenvalue weighted by Gasteiger charge is 2.23. The number of rotatable bonds is 7. The third-order valence-electron chi connectivity index (χ3n) is 3.83. The number of benzene rings is 2. The van der Waals surface area contributed by atoms with Gasteiger partial charge in [-0.1, -0.05) is 18.2 Å². The lowest BCUT2D eigenvalue weighted by Crippen LogP contribution is -2.05. The fourth-order valence-electron chi connectivity index (χ4n) is 2.48. The summed E-state index contributed by atoms with van der Waals surface area (Å²) in [6.45, 7) is 0. The molecular formula is C19H14N8O2S. The van der Waals surface area contributed by atoms with Gasteiger partial charge in [0.15, 0.2) is 5.13 Å². The van der Waals surface area contributed by atoms with Gasteiger partial charge in [0.25, 0.3) is 0 Å². The molecule has 2 aromatic heterocycles. The van der Waals surface area contributed by atoms with Gasteiger partial charge in [-0.15, -0.1) is 11.3 Å². The molecule has 4 aromatic rings. The van der Waals surface area contributed by atoms with E-state index >= 15 is 0 Å². The summed E-state index contributed by atoms with van der Waals surface area (Å²) in [5.41, 5.74) is 1.72. The van der Waals surface area contributed by atoms with E-state index in [1.165, 1.54) is 17.7 Å². The van der Waals surface area contributed by atoms with Crippen LogP contribution in [-0.2, 0) is 0 Å². The number of nitrogens with zero attached hydrogens (tertiary/aromatic N) is 6. The summed E-state index contributed by atoms with van der Waals surface area (Å²) < 4.78 is 0. The van der Waals surface area contributed by atoms with Crippen LogP contribution in [0.25, 0.3) is 0 Å². The lowest BCUT2D eigenvalue weighted by Gasteiger charge is -2.09. The molecule has 0 unspecified atom stereocenters. The van der Waals surface area contributed by atoms with Crippen molar-refractivity contribution in [2.24, 2.45) is 10.2 Å². The van der Waals surface area contributed by atoms with Crippen molar-refractivity contribution in [3.05, 3.63) is 82.6 Å². The van der Waals surface area contributed by atoms with Crippen molar-refractivity contribution in [3.8, 4) is 0 Å². The smallest absolute Gasteiger partial charge is 0.334 e. The second-order valence-corrected chi connectivity index (χ2v) is 6.74. The molecule has 0 aliphatic carbocycles. The van der Waals surface area contributed by atoms with E-state index in [-0.39, 0.29) is 17.3 Å². The minimum absolute atomic E-state index is 0.0562. The van der Waals surface area contributed by atoms with Crippen molar-refractivity contribution >= 4 is 50.9 Å². The maximum atomic E-state index is 11.6. The van der Waals surface area contributed by atoms with E-state index in [0.29, 0.717) is 16.5 Å². The second kappa shape index (κ2) is 8.84. The maximum Gasteiger partial charge on any atom is 0.353 e. The molecule has 4 rings (SSSR count). The minimum atomic E-state index is -0.541. The van der Waals surface area contributed by atoms with Gasteiger partial charge in [-0.25, -0.2) is 15.0 Å². The maximum absolute atomic E-state index is 11.6. The number of anilines is 4. The van der Waals surface area contributed by atoms with Gasteiger partial charge >= 0.3 is 5.69 Å². The van der Waals surface area contributed by atoms with Crippen molar-refractivity contribution in [3.63, 3.8) is 0 Å². The third-order valence-corrected chi connectivity index (χ3v) is 4.52. The zero-order chi connectivity index (χ0) is 20.8. The van der Waals surface area contributed by atoms with Crippen LogP contribution in [0.2, 0.25) is 0 Å². The quantitative estimate of drug-likeness (QED) is 0.222. The lowest BCUT2D eigenvalue weighted by molar-refractivity contribution is -0.383. The standard InChI is InChI=1S/C19H14N8O2S/c28-27(29)16-17(21-12-22-18(16)24-19-20-10-11-30-19)23-13-6-8-15(9-7-13)26-25-14-4-2-1-3-5-14/h1-12H,(H2,20,21,22,23,24). The molecule has 30 heavy (non-hydrogen) atoms. The molecule has 0 aliphatic rings. The molecule has 10 nitrogen and oxygen atoms in total. The van der Waals surface area contributed by atoms with Crippen molar-refractivity contribution in [1.29, 1.82) is 0 Å². The van der Waals surface area contributed by atoms with E-state index in [9.17, 15) is 10.1 Å². The Balaban J connectivity index is 1.53. The summed E-state index contributed by atoms with van der Waals surface area (Å²) in [5, 5.41) is 28.0. The molecule has 0 bridgehead atoms. The molecule has 2 N–H and O–H groups in total. The predicted molar refractivity (Wildman–Crippen MR) is 114 cm³/mol. The Labute approximate surface area is 174 Å². The number of thiazole rings is 1. The van der Waals surface area contributed by atoms with E-state index in [0.717, 1.165) is 5.69 Å². The molecule has 0 saturated carbocycles. The Bertz CT molecular complexity index is 1170. The van der Waals surface area contributed by atoms with Crippen LogP contribution < -0.4 is 10.6 Å². The molecule has 0 atom stereocenters. The van der Waals surface area contributed by atoms with Gasteiger partial charge in [-0.3, -0.25) is 10.1 Å². The molecule has 0 amide bonds. The first kappa shape index (κ1) is 19.1. The monoisotopic (exact) mass is 418 g/mol. The van der Waals surface area contributed by atoms with E-state index in [1.54, 1.807) is 35.8 Å². The van der Waals surface area contributed by atoms with Gasteiger partial charge < -0.3 is 10.6 Å². The predicted octanol–water partition coefficient (Wildman–Crippen LogP) is 5.74. The number of azo groups is 1. The van der Waals surface area contributed by atoms with Crippen LogP contribution >= 0.6 is 11.3 Å². The van der Waals surface area contributed by atoms with Crippen LogP contribution in [-0.4, -0.2) is 19.9 Å². The fraction of sp³-hybridized carbons (Fsp3) is 0. The Morgan fingerprint density at radius 3 is 2.17 bits per heavy atom. The van der Waals surface area contributed by atoms with Crippen molar-refractivity contribution in [2.45, 2.75) is 0 Å². The van der Waals surface area contributed by atoms with Crippen LogP contribution in [0.15, 0.2) is 82.7 Å². The molecule has 0 spiro atoms. The number of nitrogens with one attached hydrogen (secondary N) is 2. The molecular weight excluding hydrogens is 404 g/mol. The Morgan fingerprint density at radius 2 is 1.53 bits per heavy atom. The minimum Gasteiger partial charge on any atom is -0.334 e. The van der Waals surface area contributed by atoms with Crippen LogP contribution in [0, 0.1) is 10.1 Å². The molecule has 2 heterocycles. The van der Waals surface area contributed by atoms with Crippen molar-refractivity contribution < 1.29 is 4.92 Å². The second-order valence-electron chi connectivity index (χ2n) is 5.85. The Kier molecular flexibility index (Phi) is 5.62. The highest BCUT2D eigenvalue weighted by molar-refractivity contribution is 7.13. The molecule has 0 saturated heterocycles. The van der Waals surface area contributed by atoms with Crippen LogP contribution in [0.1, 0.15) is 0 Å². The normalized spacial score (nSPS) is 10.8. The largest absolute Gasteiger partial charge is 0.353 e. The van der Waals surface area contributed by atoms with Gasteiger partial charge in [0.05, 0.1) is 16.3 Å². The zero-order valence-corrected chi connectivity index (χ0v) is 16.2. The van der Waals surface area contributed by atoms with E-state index in [4.69, 9.17) is 0 Å². The first-order valence-corrected chi connectivity index (χ1v) is 9.57. The Morgan fingerprint density at radius 1 is 0.867 bits per heavy atom. The summed E-state index contributed by atoms with van der Waals surface area (Å²) in [5.74, 6) is 0.119. The molecule has 0 fully saturated rings.